The summed E-state index contributed by atoms with van der Waals surface area (Å²) in [6.45, 7) is 6.11. The average molecular weight is 747 g/mol. The Morgan fingerprint density at radius 1 is 0.870 bits per heavy atom. The minimum Gasteiger partial charge on any atom is -0.476 e. The van der Waals surface area contributed by atoms with E-state index in [4.69, 9.17) is 4.74 Å². The van der Waals surface area contributed by atoms with Crippen molar-refractivity contribution in [3.8, 4) is 5.75 Å². The number of nitrogens with zero attached hydrogens (tertiary/aromatic N) is 4. The second kappa shape index (κ2) is 15.9. The van der Waals surface area contributed by atoms with Crippen LogP contribution in [0.4, 0.5) is 28.0 Å². The summed E-state index contributed by atoms with van der Waals surface area (Å²) in [5.41, 5.74) is 0.334. The number of rotatable bonds is 11. The Kier molecular flexibility index (Phi) is 11.3. The number of hydrogen-bond acceptors (Lipinski definition) is 5. The molecule has 4 aromatic rings. The fraction of sp³-hybridized carbons (Fsp3) is 0.341. The van der Waals surface area contributed by atoms with E-state index in [2.05, 4.69) is 4.90 Å². The van der Waals surface area contributed by atoms with Crippen molar-refractivity contribution in [2.75, 3.05) is 37.6 Å². The van der Waals surface area contributed by atoms with Crippen LogP contribution in [0, 0.1) is 23.3 Å². The predicted molar refractivity (Wildman–Crippen MR) is 194 cm³/mol. The lowest BCUT2D eigenvalue weighted by atomic mass is 9.83. The Hall–Kier alpha value is -5.43. The number of likely N-dealkylation sites (tertiary alicyclic amines) is 1. The van der Waals surface area contributed by atoms with Crippen molar-refractivity contribution < 1.29 is 41.8 Å². The Balaban J connectivity index is 1.34. The van der Waals surface area contributed by atoms with Gasteiger partial charge in [0.2, 0.25) is 0 Å². The van der Waals surface area contributed by atoms with Gasteiger partial charge in [-0.25, -0.2) is 22.4 Å². The van der Waals surface area contributed by atoms with Crippen LogP contribution in [0.15, 0.2) is 84.9 Å². The second-order valence-corrected chi connectivity index (χ2v) is 14.1. The van der Waals surface area contributed by atoms with Crippen LogP contribution in [0.5, 0.6) is 5.75 Å². The number of likely N-dealkylation sites (N-methyl/N-ethyl adjacent to an activating group) is 1. The van der Waals surface area contributed by atoms with Crippen LogP contribution in [0.3, 0.4) is 0 Å². The van der Waals surface area contributed by atoms with E-state index >= 15 is 8.78 Å². The number of halogens is 4. The number of amides is 3. The largest absolute Gasteiger partial charge is 0.476 e. The molecular weight excluding hydrogens is 704 g/mol. The number of anilines is 1. The Morgan fingerprint density at radius 2 is 1.48 bits per heavy atom. The molecule has 0 aromatic heterocycles. The van der Waals surface area contributed by atoms with Gasteiger partial charge >= 0.3 is 6.09 Å². The molecule has 2 aliphatic heterocycles. The lowest BCUT2D eigenvalue weighted by molar-refractivity contribution is -0.132. The standard InChI is InChI=1S/C41H42F4N4O5/c1-4-48(36-25-47(40(52)53)16-15-28(36)29-19-33(44)34(45)21-31(29)42)38(50)30-20-35-37(22-32(30)43)54-41(2,3)39(51)49(35)18-17-46(23-26-11-7-5-8-12-26)24-27-13-9-6-10-14-27/h5-14,19-22,28,36H,4,15-18,23-25H2,1-3H3,(H,52,53)/t28-,36+/m1/s1. The van der Waals surface area contributed by atoms with E-state index in [9.17, 15) is 28.3 Å². The molecule has 3 amide bonds. The molecule has 0 unspecified atom stereocenters. The number of carbonyl (C=O) groups is 3. The second-order valence-electron chi connectivity index (χ2n) is 14.1. The molecule has 1 N–H and O–H groups in total. The highest BCUT2D eigenvalue weighted by Gasteiger charge is 2.43. The molecule has 284 valence electrons. The Morgan fingerprint density at radius 3 is 2.07 bits per heavy atom. The highest BCUT2D eigenvalue weighted by Crippen LogP contribution is 2.41. The molecule has 1 saturated heterocycles. The van der Waals surface area contributed by atoms with E-state index < -0.39 is 64.3 Å². The normalized spacial score (nSPS) is 18.0. The van der Waals surface area contributed by atoms with Gasteiger partial charge in [-0.2, -0.15) is 0 Å². The van der Waals surface area contributed by atoms with Crippen LogP contribution in [0.25, 0.3) is 0 Å². The maximum Gasteiger partial charge on any atom is 0.407 e. The SMILES string of the molecule is CCN(C(=O)c1cc2c(cc1F)OC(C)(C)C(=O)N2CCN(Cc1ccccc1)Cc1ccccc1)[C@H]1CN(C(=O)O)CC[C@@H]1c1cc(F)c(F)cc1F. The van der Waals surface area contributed by atoms with Gasteiger partial charge in [0.05, 0.1) is 17.3 Å². The number of carboxylic acid groups (broad SMARTS) is 1. The van der Waals surface area contributed by atoms with Gasteiger partial charge in [-0.1, -0.05) is 60.7 Å². The number of benzene rings is 4. The summed E-state index contributed by atoms with van der Waals surface area (Å²) in [5.74, 6) is -6.80. The topological polar surface area (TPSA) is 93.6 Å². The third-order valence-electron chi connectivity index (χ3n) is 10.1. The average Bonchev–Trinajstić information content (AvgIpc) is 3.14. The van der Waals surface area contributed by atoms with E-state index in [1.54, 1.807) is 20.8 Å². The van der Waals surface area contributed by atoms with Crippen LogP contribution in [-0.4, -0.2) is 82.1 Å². The zero-order chi connectivity index (χ0) is 38.7. The number of piperidine rings is 1. The molecular formula is C41H42F4N4O5. The molecule has 4 aromatic carbocycles. The van der Waals surface area contributed by atoms with Gasteiger partial charge in [0, 0.05) is 63.9 Å². The molecule has 0 radical (unpaired) electrons. The van der Waals surface area contributed by atoms with Crippen molar-refractivity contribution in [2.45, 2.75) is 57.8 Å². The molecule has 0 spiro atoms. The molecule has 2 atom stereocenters. The number of ether oxygens (including phenoxy) is 1. The van der Waals surface area contributed by atoms with Crippen molar-refractivity contribution in [1.82, 2.24) is 14.7 Å². The van der Waals surface area contributed by atoms with Gasteiger partial charge in [-0.3, -0.25) is 14.5 Å². The zero-order valence-electron chi connectivity index (χ0n) is 30.3. The van der Waals surface area contributed by atoms with Crippen LogP contribution in [-0.2, 0) is 17.9 Å². The van der Waals surface area contributed by atoms with Gasteiger partial charge in [0.25, 0.3) is 11.8 Å². The summed E-state index contributed by atoms with van der Waals surface area (Å²) in [6.07, 6.45) is -1.29. The molecule has 6 rings (SSSR count). The van der Waals surface area contributed by atoms with E-state index in [-0.39, 0.29) is 49.6 Å². The minimum atomic E-state index is -1.39. The van der Waals surface area contributed by atoms with Gasteiger partial charge in [-0.15, -0.1) is 0 Å². The molecule has 54 heavy (non-hydrogen) atoms. The predicted octanol–water partition coefficient (Wildman–Crippen LogP) is 7.45. The zero-order valence-corrected chi connectivity index (χ0v) is 30.3. The van der Waals surface area contributed by atoms with Crippen LogP contribution < -0.4 is 9.64 Å². The summed E-state index contributed by atoms with van der Waals surface area (Å²) in [5, 5.41) is 9.81. The molecule has 0 bridgehead atoms. The lowest BCUT2D eigenvalue weighted by Crippen LogP contribution is -2.55. The minimum absolute atomic E-state index is 0.0108. The van der Waals surface area contributed by atoms with E-state index in [1.165, 1.54) is 15.9 Å². The van der Waals surface area contributed by atoms with Gasteiger partial charge < -0.3 is 24.5 Å². The first-order chi connectivity index (χ1) is 25.8. The van der Waals surface area contributed by atoms with Crippen LogP contribution in [0.1, 0.15) is 60.2 Å². The molecule has 1 fully saturated rings. The molecule has 2 heterocycles. The van der Waals surface area contributed by atoms with Gasteiger partial charge in [0.1, 0.15) is 17.4 Å². The molecule has 9 nitrogen and oxygen atoms in total. The number of fused-ring (bicyclic) bond motifs is 1. The van der Waals surface area contributed by atoms with Gasteiger partial charge in [-0.05, 0) is 56.0 Å². The third-order valence-corrected chi connectivity index (χ3v) is 10.1. The van der Waals surface area contributed by atoms with E-state index in [0.29, 0.717) is 25.7 Å². The first-order valence-electron chi connectivity index (χ1n) is 17.8. The summed E-state index contributed by atoms with van der Waals surface area (Å²) >= 11 is 0. The quantitative estimate of drug-likeness (QED) is 0.127. The van der Waals surface area contributed by atoms with Crippen molar-refractivity contribution >= 4 is 23.6 Å². The highest BCUT2D eigenvalue weighted by molar-refractivity contribution is 6.04. The smallest absolute Gasteiger partial charge is 0.407 e. The van der Waals surface area contributed by atoms with Crippen molar-refractivity contribution in [1.29, 1.82) is 0 Å². The van der Waals surface area contributed by atoms with Gasteiger partial charge in [0.15, 0.2) is 17.2 Å². The number of hydrogen-bond donors (Lipinski definition) is 1. The van der Waals surface area contributed by atoms with Crippen molar-refractivity contribution in [2.24, 2.45) is 0 Å². The lowest BCUT2D eigenvalue weighted by Gasteiger charge is -2.43. The van der Waals surface area contributed by atoms with Crippen LogP contribution >= 0.6 is 0 Å². The fourth-order valence-electron chi connectivity index (χ4n) is 7.40. The van der Waals surface area contributed by atoms with Crippen molar-refractivity contribution in [3.63, 3.8) is 0 Å². The van der Waals surface area contributed by atoms with E-state index in [0.717, 1.165) is 28.2 Å². The maximum atomic E-state index is 16.1. The fourth-order valence-corrected chi connectivity index (χ4v) is 7.40. The summed E-state index contributed by atoms with van der Waals surface area (Å²) < 4.78 is 65.5. The summed E-state index contributed by atoms with van der Waals surface area (Å²) in [7, 11) is 0. The Bertz CT molecular complexity index is 1970. The first kappa shape index (κ1) is 38.3. The summed E-state index contributed by atoms with van der Waals surface area (Å²) in [4.78, 5) is 46.3. The monoisotopic (exact) mass is 746 g/mol. The Labute approximate surface area is 311 Å². The maximum absolute atomic E-state index is 16.1. The van der Waals surface area contributed by atoms with E-state index in [1.807, 2.05) is 60.7 Å². The molecule has 13 heteroatoms. The first-order valence-corrected chi connectivity index (χ1v) is 17.8. The van der Waals surface area contributed by atoms with Crippen LogP contribution in [0.2, 0.25) is 0 Å². The highest BCUT2D eigenvalue weighted by atomic mass is 19.2. The molecule has 2 aliphatic rings. The summed E-state index contributed by atoms with van der Waals surface area (Å²) in [6, 6.07) is 22.1. The third kappa shape index (κ3) is 8.06. The number of carbonyl (C=O) groups excluding carboxylic acids is 2. The molecule has 0 aliphatic carbocycles. The van der Waals surface area contributed by atoms with Crippen molar-refractivity contribution in [3.05, 3.63) is 130 Å². The molecule has 0 saturated carbocycles.